The highest BCUT2D eigenvalue weighted by atomic mass is 32.2. The highest BCUT2D eigenvalue weighted by Crippen LogP contribution is 2.37. The fourth-order valence-corrected chi connectivity index (χ4v) is 4.57. The van der Waals surface area contributed by atoms with Gasteiger partial charge in [-0.25, -0.2) is 4.98 Å². The molecule has 144 valence electrons. The number of aromatic amines is 1. The van der Waals surface area contributed by atoms with Crippen LogP contribution in [0.1, 0.15) is 31.2 Å². The first kappa shape index (κ1) is 18.2. The van der Waals surface area contributed by atoms with Gasteiger partial charge < -0.3 is 14.4 Å². The first-order valence-corrected chi connectivity index (χ1v) is 10.2. The second kappa shape index (κ2) is 7.42. The van der Waals surface area contributed by atoms with E-state index in [9.17, 15) is 4.79 Å². The largest absolute Gasteiger partial charge is 0.454 e. The molecule has 1 saturated heterocycles. The van der Waals surface area contributed by atoms with Crippen LogP contribution in [-0.4, -0.2) is 51.6 Å². The van der Waals surface area contributed by atoms with E-state index in [2.05, 4.69) is 34.2 Å². The lowest BCUT2D eigenvalue weighted by atomic mass is 9.77. The van der Waals surface area contributed by atoms with Crippen molar-refractivity contribution in [2.75, 3.05) is 25.6 Å². The Morgan fingerprint density at radius 3 is 3.04 bits per heavy atom. The molecular weight excluding hydrogens is 364 g/mol. The number of likely N-dealkylation sites (tertiary alicyclic amines) is 1. The van der Waals surface area contributed by atoms with Crippen molar-refractivity contribution in [3.63, 3.8) is 0 Å². The Morgan fingerprint density at radius 1 is 1.37 bits per heavy atom. The molecule has 3 heterocycles. The van der Waals surface area contributed by atoms with Gasteiger partial charge in [-0.2, -0.15) is 0 Å². The molecule has 2 aromatic rings. The van der Waals surface area contributed by atoms with Gasteiger partial charge in [0.2, 0.25) is 17.9 Å². The van der Waals surface area contributed by atoms with Gasteiger partial charge in [-0.3, -0.25) is 9.89 Å². The van der Waals surface area contributed by atoms with E-state index in [0.717, 1.165) is 49.7 Å². The van der Waals surface area contributed by atoms with Crippen LogP contribution in [0.15, 0.2) is 23.4 Å². The number of fused-ring (bicyclic) bond motifs is 1. The zero-order valence-corrected chi connectivity index (χ0v) is 16.5. The molecule has 0 radical (unpaired) electrons. The van der Waals surface area contributed by atoms with Gasteiger partial charge in [0.1, 0.15) is 5.82 Å². The topological polar surface area (TPSA) is 80.3 Å². The lowest BCUT2D eigenvalue weighted by Crippen LogP contribution is -2.46. The normalized spacial score (nSPS) is 21.5. The maximum absolute atomic E-state index is 12.7. The number of carbonyl (C=O) groups is 1. The number of nitrogens with one attached hydrogen (secondary N) is 1. The third-order valence-electron chi connectivity index (χ3n) is 5.10. The van der Waals surface area contributed by atoms with Gasteiger partial charge in [0, 0.05) is 13.1 Å². The quantitative estimate of drug-likeness (QED) is 0.794. The van der Waals surface area contributed by atoms with Crippen LogP contribution in [0, 0.1) is 12.3 Å². The van der Waals surface area contributed by atoms with Gasteiger partial charge in [0.25, 0.3) is 0 Å². The molecule has 0 aliphatic carbocycles. The summed E-state index contributed by atoms with van der Waals surface area (Å²) in [4.78, 5) is 18.9. The van der Waals surface area contributed by atoms with Gasteiger partial charge >= 0.3 is 0 Å². The number of benzene rings is 1. The number of ether oxygens (including phenoxy) is 2. The van der Waals surface area contributed by atoms with E-state index in [-0.39, 0.29) is 11.3 Å². The zero-order chi connectivity index (χ0) is 18.9. The van der Waals surface area contributed by atoms with Crippen molar-refractivity contribution < 1.29 is 14.3 Å². The highest BCUT2D eigenvalue weighted by molar-refractivity contribution is 7.99. The summed E-state index contributed by atoms with van der Waals surface area (Å²) in [5.41, 5.74) is 1.29. The molecule has 1 aromatic heterocycles. The van der Waals surface area contributed by atoms with E-state index < -0.39 is 0 Å². The van der Waals surface area contributed by atoms with Crippen LogP contribution < -0.4 is 9.47 Å². The summed E-state index contributed by atoms with van der Waals surface area (Å²) < 4.78 is 10.9. The second-order valence-corrected chi connectivity index (χ2v) is 8.53. The SMILES string of the molecule is Cc1nc(SCC(=O)N2CCC[C@](C)(Cc3ccc4c(c3)OCO4)C2)n[nH]1. The average Bonchev–Trinajstić information content (AvgIpc) is 3.27. The Balaban J connectivity index is 1.36. The molecule has 7 nitrogen and oxygen atoms in total. The lowest BCUT2D eigenvalue weighted by molar-refractivity contribution is -0.131. The van der Waals surface area contributed by atoms with E-state index in [1.54, 1.807) is 0 Å². The van der Waals surface area contributed by atoms with E-state index in [0.29, 0.717) is 17.7 Å². The van der Waals surface area contributed by atoms with E-state index in [4.69, 9.17) is 9.47 Å². The number of aromatic nitrogens is 3. The second-order valence-electron chi connectivity index (χ2n) is 7.59. The van der Waals surface area contributed by atoms with E-state index >= 15 is 0 Å². The molecule has 1 N–H and O–H groups in total. The Kier molecular flexibility index (Phi) is 4.99. The number of aryl methyl sites for hydroxylation is 1. The Labute approximate surface area is 162 Å². The number of piperidine rings is 1. The fraction of sp³-hybridized carbons (Fsp3) is 0.526. The van der Waals surface area contributed by atoms with Crippen molar-refractivity contribution in [3.8, 4) is 11.5 Å². The molecule has 4 rings (SSSR count). The Bertz CT molecular complexity index is 840. The smallest absolute Gasteiger partial charge is 0.233 e. The van der Waals surface area contributed by atoms with Crippen molar-refractivity contribution in [2.24, 2.45) is 5.41 Å². The number of rotatable bonds is 5. The van der Waals surface area contributed by atoms with Crippen molar-refractivity contribution in [3.05, 3.63) is 29.6 Å². The van der Waals surface area contributed by atoms with Gasteiger partial charge in [-0.15, -0.1) is 5.10 Å². The molecule has 27 heavy (non-hydrogen) atoms. The predicted octanol–water partition coefficient (Wildman–Crippen LogP) is 2.81. The molecule has 1 atom stereocenters. The predicted molar refractivity (Wildman–Crippen MR) is 102 cm³/mol. The summed E-state index contributed by atoms with van der Waals surface area (Å²) in [6, 6.07) is 6.14. The Hall–Kier alpha value is -2.22. The van der Waals surface area contributed by atoms with Gasteiger partial charge in [0.15, 0.2) is 11.5 Å². The minimum Gasteiger partial charge on any atom is -0.454 e. The molecule has 0 unspecified atom stereocenters. The molecule has 0 spiro atoms. The van der Waals surface area contributed by atoms with Crippen LogP contribution in [-0.2, 0) is 11.2 Å². The number of thioether (sulfide) groups is 1. The van der Waals surface area contributed by atoms with Crippen LogP contribution in [0.25, 0.3) is 0 Å². The first-order valence-electron chi connectivity index (χ1n) is 9.19. The first-order chi connectivity index (χ1) is 13.0. The minimum atomic E-state index is 0.0629. The van der Waals surface area contributed by atoms with Gasteiger partial charge in [-0.1, -0.05) is 24.8 Å². The molecule has 1 amide bonds. The molecule has 1 aromatic carbocycles. The summed E-state index contributed by atoms with van der Waals surface area (Å²) in [5.74, 6) is 2.91. The maximum Gasteiger partial charge on any atom is 0.233 e. The number of amides is 1. The molecule has 0 saturated carbocycles. The summed E-state index contributed by atoms with van der Waals surface area (Å²) >= 11 is 1.39. The van der Waals surface area contributed by atoms with Gasteiger partial charge in [-0.05, 0) is 49.3 Å². The molecule has 1 fully saturated rings. The number of hydrogen-bond acceptors (Lipinski definition) is 6. The summed E-state index contributed by atoms with van der Waals surface area (Å²) in [5, 5.41) is 7.51. The molecular formula is C19H24N4O3S. The molecule has 2 aliphatic rings. The zero-order valence-electron chi connectivity index (χ0n) is 15.7. The monoisotopic (exact) mass is 388 g/mol. The fourth-order valence-electron chi connectivity index (χ4n) is 3.82. The van der Waals surface area contributed by atoms with Crippen molar-refractivity contribution in [2.45, 2.75) is 38.3 Å². The highest BCUT2D eigenvalue weighted by Gasteiger charge is 2.33. The third kappa shape index (κ3) is 4.21. The minimum absolute atomic E-state index is 0.0629. The van der Waals surface area contributed by atoms with Crippen LogP contribution in [0.4, 0.5) is 0 Å². The summed E-state index contributed by atoms with van der Waals surface area (Å²) in [6.07, 6.45) is 3.05. The molecule has 0 bridgehead atoms. The van der Waals surface area contributed by atoms with Crippen molar-refractivity contribution in [1.29, 1.82) is 0 Å². The number of hydrogen-bond donors (Lipinski definition) is 1. The van der Waals surface area contributed by atoms with Crippen LogP contribution in [0.5, 0.6) is 11.5 Å². The Morgan fingerprint density at radius 2 is 2.22 bits per heavy atom. The van der Waals surface area contributed by atoms with Crippen LogP contribution in [0.3, 0.4) is 0 Å². The standard InChI is InChI=1S/C19H24N4O3S/c1-13-20-18(22-21-13)27-10-17(24)23-7-3-6-19(2,11-23)9-14-4-5-15-16(8-14)26-12-25-15/h4-5,8H,3,6-7,9-12H2,1-2H3,(H,20,21,22)/t19-/m1/s1. The molecule has 8 heteroatoms. The summed E-state index contributed by atoms with van der Waals surface area (Å²) in [6.45, 7) is 6.01. The number of nitrogens with zero attached hydrogens (tertiary/aromatic N) is 3. The van der Waals surface area contributed by atoms with Crippen molar-refractivity contribution >= 4 is 17.7 Å². The maximum atomic E-state index is 12.7. The number of carbonyl (C=O) groups excluding carboxylic acids is 1. The lowest BCUT2D eigenvalue weighted by Gasteiger charge is -2.40. The number of H-pyrrole nitrogens is 1. The molecule has 2 aliphatic heterocycles. The van der Waals surface area contributed by atoms with Crippen LogP contribution in [0.2, 0.25) is 0 Å². The van der Waals surface area contributed by atoms with Crippen LogP contribution >= 0.6 is 11.8 Å². The third-order valence-corrected chi connectivity index (χ3v) is 5.94. The van der Waals surface area contributed by atoms with E-state index in [1.807, 2.05) is 17.9 Å². The van der Waals surface area contributed by atoms with Crippen molar-refractivity contribution in [1.82, 2.24) is 20.1 Å². The van der Waals surface area contributed by atoms with Gasteiger partial charge in [0.05, 0.1) is 5.75 Å². The van der Waals surface area contributed by atoms with E-state index in [1.165, 1.54) is 17.3 Å². The summed E-state index contributed by atoms with van der Waals surface area (Å²) in [7, 11) is 0. The average molecular weight is 388 g/mol.